The molecule has 0 radical (unpaired) electrons. The standard InChI is InChI=1S/C70H43NO/c1-2-19-44(20-3-1)48-23-12-17-35-64(48)71(47-39-42-60-55(43-47)53-28-10-15-32-58(53)69(60)56-30-13-8-26-51(56)52-27-9-14-31-57(52)69)65-36-18-34-61-66(65)54-29-11-16-33-59(54)70(61)62-40-37-45-21-4-6-24-49(45)67(62)72-68-50-25-7-5-22-46(50)38-41-63(68)70/h1-43H. The molecule has 334 valence electrons. The molecule has 0 unspecified atom stereocenters. The van der Waals surface area contributed by atoms with Crippen molar-refractivity contribution >= 4 is 38.6 Å². The number of hydrogen-bond donors (Lipinski definition) is 0. The van der Waals surface area contributed by atoms with E-state index in [9.17, 15) is 0 Å². The van der Waals surface area contributed by atoms with Crippen LogP contribution < -0.4 is 9.64 Å². The maximum atomic E-state index is 7.35. The number of hydrogen-bond acceptors (Lipinski definition) is 2. The van der Waals surface area contributed by atoms with E-state index in [1.54, 1.807) is 0 Å². The molecule has 0 N–H and O–H groups in total. The highest BCUT2D eigenvalue weighted by Gasteiger charge is 2.54. The Morgan fingerprint density at radius 1 is 0.278 bits per heavy atom. The summed E-state index contributed by atoms with van der Waals surface area (Å²) >= 11 is 0. The highest BCUT2D eigenvalue weighted by molar-refractivity contribution is 6.05. The number of fused-ring (bicyclic) bond motifs is 23. The van der Waals surface area contributed by atoms with Crippen LogP contribution in [0.1, 0.15) is 44.5 Å². The molecule has 0 atom stereocenters. The Labute approximate surface area is 418 Å². The third-order valence-electron chi connectivity index (χ3n) is 16.5. The van der Waals surface area contributed by atoms with E-state index in [1.165, 1.54) is 72.3 Å². The molecule has 16 rings (SSSR count). The zero-order valence-electron chi connectivity index (χ0n) is 39.2. The van der Waals surface area contributed by atoms with Crippen molar-refractivity contribution < 1.29 is 4.74 Å². The second-order valence-electron chi connectivity index (χ2n) is 19.8. The van der Waals surface area contributed by atoms with Gasteiger partial charge in [0.15, 0.2) is 0 Å². The zero-order valence-corrected chi connectivity index (χ0v) is 39.2. The molecule has 2 spiro atoms. The van der Waals surface area contributed by atoms with Gasteiger partial charge >= 0.3 is 0 Å². The SMILES string of the molecule is c1ccc(-c2ccccc2N(c2ccc3c(c2)-c2ccccc2C32c3ccccc3-c3ccccc32)c2cccc3c2-c2ccccc2C32c3ccc4ccccc4c3Oc3c2ccc2ccccc32)cc1. The van der Waals surface area contributed by atoms with Crippen LogP contribution in [0, 0.1) is 0 Å². The summed E-state index contributed by atoms with van der Waals surface area (Å²) in [6.07, 6.45) is 0. The first-order valence-corrected chi connectivity index (χ1v) is 25.1. The maximum absolute atomic E-state index is 7.35. The molecule has 1 aliphatic heterocycles. The lowest BCUT2D eigenvalue weighted by atomic mass is 9.65. The van der Waals surface area contributed by atoms with E-state index in [1.807, 2.05) is 0 Å². The van der Waals surface area contributed by atoms with Gasteiger partial charge < -0.3 is 9.64 Å². The number of rotatable bonds is 4. The van der Waals surface area contributed by atoms with Crippen molar-refractivity contribution in [2.24, 2.45) is 0 Å². The van der Waals surface area contributed by atoms with Gasteiger partial charge in [-0.15, -0.1) is 0 Å². The van der Waals surface area contributed by atoms with Crippen molar-refractivity contribution in [2.75, 3.05) is 4.90 Å². The van der Waals surface area contributed by atoms with Crippen LogP contribution in [0.5, 0.6) is 11.5 Å². The van der Waals surface area contributed by atoms with Crippen molar-refractivity contribution in [1.82, 2.24) is 0 Å². The van der Waals surface area contributed by atoms with Gasteiger partial charge in [-0.2, -0.15) is 0 Å². The average molecular weight is 914 g/mol. The van der Waals surface area contributed by atoms with Crippen molar-refractivity contribution in [3.8, 4) is 56.0 Å². The quantitative estimate of drug-likeness (QED) is 0.174. The predicted octanol–water partition coefficient (Wildman–Crippen LogP) is 17.9. The number of para-hydroxylation sites is 1. The van der Waals surface area contributed by atoms with Crippen LogP contribution >= 0.6 is 0 Å². The number of ether oxygens (including phenoxy) is 1. The van der Waals surface area contributed by atoms with Crippen molar-refractivity contribution in [3.05, 3.63) is 305 Å². The molecule has 12 aromatic rings. The maximum Gasteiger partial charge on any atom is 0.140 e. The third kappa shape index (κ3) is 4.98. The van der Waals surface area contributed by atoms with Gasteiger partial charge in [0.05, 0.1) is 22.2 Å². The summed E-state index contributed by atoms with van der Waals surface area (Å²) in [6.45, 7) is 0. The normalized spacial score (nSPS) is 14.2. The molecule has 0 amide bonds. The van der Waals surface area contributed by atoms with Crippen molar-refractivity contribution in [3.63, 3.8) is 0 Å². The van der Waals surface area contributed by atoms with Gasteiger partial charge in [-0.25, -0.2) is 0 Å². The molecule has 0 saturated heterocycles. The van der Waals surface area contributed by atoms with Gasteiger partial charge in [0.2, 0.25) is 0 Å². The molecular weight excluding hydrogens is 871 g/mol. The summed E-state index contributed by atoms with van der Waals surface area (Å²) < 4.78 is 7.35. The van der Waals surface area contributed by atoms with E-state index in [0.717, 1.165) is 66.8 Å². The second kappa shape index (κ2) is 14.6. The summed E-state index contributed by atoms with van der Waals surface area (Å²) in [4.78, 5) is 2.56. The third-order valence-corrected chi connectivity index (χ3v) is 16.5. The lowest BCUT2D eigenvalue weighted by molar-refractivity contribution is 0.447. The first-order valence-electron chi connectivity index (χ1n) is 25.1. The van der Waals surface area contributed by atoms with Crippen LogP contribution in [0.3, 0.4) is 0 Å². The van der Waals surface area contributed by atoms with Gasteiger partial charge in [-0.3, -0.25) is 0 Å². The molecule has 0 fully saturated rings. The molecule has 1 heterocycles. The van der Waals surface area contributed by atoms with Crippen LogP contribution in [-0.4, -0.2) is 0 Å². The minimum atomic E-state index is -0.698. The summed E-state index contributed by atoms with van der Waals surface area (Å²) in [5.74, 6) is 1.83. The lowest BCUT2D eigenvalue weighted by Crippen LogP contribution is -2.32. The highest BCUT2D eigenvalue weighted by Crippen LogP contribution is 2.67. The molecule has 2 heteroatoms. The fourth-order valence-electron chi connectivity index (χ4n) is 13.8. The number of nitrogens with zero attached hydrogens (tertiary/aromatic N) is 1. The highest BCUT2D eigenvalue weighted by atomic mass is 16.5. The second-order valence-corrected chi connectivity index (χ2v) is 19.8. The minimum absolute atomic E-state index is 0.443. The zero-order chi connectivity index (χ0) is 47.1. The molecule has 4 aliphatic rings. The lowest BCUT2D eigenvalue weighted by Gasteiger charge is -2.40. The topological polar surface area (TPSA) is 12.5 Å². The number of anilines is 3. The van der Waals surface area contributed by atoms with Crippen LogP contribution in [0.4, 0.5) is 17.1 Å². The van der Waals surface area contributed by atoms with Crippen molar-refractivity contribution in [1.29, 1.82) is 0 Å². The van der Waals surface area contributed by atoms with E-state index in [4.69, 9.17) is 4.74 Å². The van der Waals surface area contributed by atoms with Gasteiger partial charge in [-0.1, -0.05) is 237 Å². The Kier molecular flexibility index (Phi) is 8.05. The Balaban J connectivity index is 1.01. The summed E-state index contributed by atoms with van der Waals surface area (Å²) in [5.41, 5.74) is 22.2. The van der Waals surface area contributed by atoms with Gasteiger partial charge in [0.25, 0.3) is 0 Å². The summed E-state index contributed by atoms with van der Waals surface area (Å²) in [5, 5.41) is 4.53. The van der Waals surface area contributed by atoms with Gasteiger partial charge in [0.1, 0.15) is 11.5 Å². The van der Waals surface area contributed by atoms with Crippen molar-refractivity contribution in [2.45, 2.75) is 10.8 Å². The van der Waals surface area contributed by atoms with Gasteiger partial charge in [0, 0.05) is 38.7 Å². The Morgan fingerprint density at radius 3 is 1.33 bits per heavy atom. The first-order chi connectivity index (χ1) is 35.7. The Morgan fingerprint density at radius 2 is 0.708 bits per heavy atom. The van der Waals surface area contributed by atoms with E-state index in [-0.39, 0.29) is 0 Å². The fraction of sp³-hybridized carbons (Fsp3) is 0.0286. The van der Waals surface area contributed by atoms with Crippen LogP contribution in [0.2, 0.25) is 0 Å². The van der Waals surface area contributed by atoms with E-state index >= 15 is 0 Å². The summed E-state index contributed by atoms with van der Waals surface area (Å²) in [6, 6.07) is 97.2. The summed E-state index contributed by atoms with van der Waals surface area (Å²) in [7, 11) is 0. The first kappa shape index (κ1) is 39.6. The van der Waals surface area contributed by atoms with E-state index in [2.05, 4.69) is 266 Å². The van der Waals surface area contributed by atoms with Crippen LogP contribution in [0.15, 0.2) is 261 Å². The molecule has 3 aliphatic carbocycles. The molecule has 72 heavy (non-hydrogen) atoms. The molecule has 2 nitrogen and oxygen atoms in total. The molecule has 12 aromatic carbocycles. The Bertz CT molecular complexity index is 4150. The van der Waals surface area contributed by atoms with Gasteiger partial charge in [-0.05, 0) is 102 Å². The molecule has 0 bridgehead atoms. The van der Waals surface area contributed by atoms with E-state index < -0.39 is 10.8 Å². The Hall–Kier alpha value is -9.24. The molecular formula is C70H43NO. The molecule has 0 aromatic heterocycles. The number of benzene rings is 12. The smallest absolute Gasteiger partial charge is 0.140 e. The monoisotopic (exact) mass is 913 g/mol. The van der Waals surface area contributed by atoms with Crippen LogP contribution in [-0.2, 0) is 10.8 Å². The molecule has 0 saturated carbocycles. The fourth-order valence-corrected chi connectivity index (χ4v) is 13.8. The average Bonchev–Trinajstić information content (AvgIpc) is 4.04. The van der Waals surface area contributed by atoms with Crippen LogP contribution in [0.25, 0.3) is 66.1 Å². The largest absolute Gasteiger partial charge is 0.455 e. The minimum Gasteiger partial charge on any atom is -0.455 e. The van der Waals surface area contributed by atoms with E-state index in [0.29, 0.717) is 0 Å². The predicted molar refractivity (Wildman–Crippen MR) is 295 cm³/mol.